The van der Waals surface area contributed by atoms with Crippen molar-refractivity contribution in [1.82, 2.24) is 9.80 Å². The molecule has 0 saturated heterocycles. The van der Waals surface area contributed by atoms with Gasteiger partial charge in [-0.1, -0.05) is 43.7 Å². The number of likely N-dealkylation sites (N-methyl/N-ethyl adjacent to an activating group) is 1. The molecule has 2 amide bonds. The van der Waals surface area contributed by atoms with Gasteiger partial charge < -0.3 is 9.80 Å². The number of carbonyl (C=O) groups excluding carboxylic acids is 2. The van der Waals surface area contributed by atoms with Crippen molar-refractivity contribution in [3.05, 3.63) is 41.3 Å². The van der Waals surface area contributed by atoms with Gasteiger partial charge in [0, 0.05) is 13.6 Å². The van der Waals surface area contributed by atoms with Gasteiger partial charge in [-0.25, -0.2) is 0 Å². The van der Waals surface area contributed by atoms with Gasteiger partial charge in [-0.3, -0.25) is 9.59 Å². The molecule has 0 aromatic heterocycles. The molecule has 4 nitrogen and oxygen atoms in total. The van der Waals surface area contributed by atoms with Crippen LogP contribution in [0, 0.1) is 0 Å². The molecule has 0 atom stereocenters. The van der Waals surface area contributed by atoms with Gasteiger partial charge in [0.15, 0.2) is 0 Å². The van der Waals surface area contributed by atoms with E-state index in [1.54, 1.807) is 16.8 Å². The molecule has 0 radical (unpaired) electrons. The van der Waals surface area contributed by atoms with E-state index >= 15 is 0 Å². The van der Waals surface area contributed by atoms with Gasteiger partial charge in [-0.2, -0.15) is 0 Å². The molecule has 0 spiro atoms. The first-order valence-corrected chi connectivity index (χ1v) is 8.60. The lowest BCUT2D eigenvalue weighted by Crippen LogP contribution is -2.42. The number of benzene rings is 1. The van der Waals surface area contributed by atoms with Crippen LogP contribution in [-0.4, -0.2) is 47.5 Å². The molecule has 0 N–H and O–H groups in total. The molecule has 0 fully saturated rings. The number of unbranched alkanes of at least 4 members (excludes halogenated alkanes) is 1. The molecule has 5 heteroatoms. The lowest BCUT2D eigenvalue weighted by molar-refractivity contribution is -0.135. The van der Waals surface area contributed by atoms with E-state index in [2.05, 4.69) is 6.92 Å². The number of hydrogen-bond acceptors (Lipinski definition) is 3. The first-order valence-electron chi connectivity index (χ1n) is 7.55. The highest BCUT2D eigenvalue weighted by Crippen LogP contribution is 2.27. The zero-order chi connectivity index (χ0) is 15.9. The third-order valence-corrected chi connectivity index (χ3v) is 4.43. The zero-order valence-electron chi connectivity index (χ0n) is 13.1. The Balaban J connectivity index is 2.12. The number of nitrogens with zero attached hydrogens (tertiary/aromatic N) is 2. The summed E-state index contributed by atoms with van der Waals surface area (Å²) in [6.45, 7) is 2.94. The van der Waals surface area contributed by atoms with Crippen molar-refractivity contribution in [3.8, 4) is 0 Å². The highest BCUT2D eigenvalue weighted by atomic mass is 32.2. The maximum absolute atomic E-state index is 12.3. The number of thioether (sulfide) groups is 1. The summed E-state index contributed by atoms with van der Waals surface area (Å²) in [7, 11) is 1.80. The van der Waals surface area contributed by atoms with E-state index in [-0.39, 0.29) is 18.4 Å². The van der Waals surface area contributed by atoms with Crippen LogP contribution < -0.4 is 0 Å². The van der Waals surface area contributed by atoms with E-state index in [1.165, 1.54) is 11.8 Å². The molecule has 1 heterocycles. The van der Waals surface area contributed by atoms with Crippen LogP contribution in [0.4, 0.5) is 0 Å². The average Bonchev–Trinajstić information content (AvgIpc) is 2.55. The fourth-order valence-corrected chi connectivity index (χ4v) is 3.05. The molecule has 0 bridgehead atoms. The van der Waals surface area contributed by atoms with Crippen LogP contribution in [0.2, 0.25) is 0 Å². The van der Waals surface area contributed by atoms with Crippen LogP contribution >= 0.6 is 11.8 Å². The van der Waals surface area contributed by atoms with Crippen LogP contribution in [-0.2, 0) is 9.59 Å². The number of carbonyl (C=O) groups is 2. The van der Waals surface area contributed by atoms with Crippen molar-refractivity contribution < 1.29 is 9.59 Å². The molecule has 22 heavy (non-hydrogen) atoms. The fourth-order valence-electron chi connectivity index (χ4n) is 2.25. The molecule has 1 aliphatic heterocycles. The highest BCUT2D eigenvalue weighted by Gasteiger charge is 2.26. The Labute approximate surface area is 136 Å². The fraction of sp³-hybridized carbons (Fsp3) is 0.412. The molecular weight excluding hydrogens is 296 g/mol. The van der Waals surface area contributed by atoms with Crippen molar-refractivity contribution in [2.45, 2.75) is 19.8 Å². The summed E-state index contributed by atoms with van der Waals surface area (Å²) in [5.41, 5.74) is 1.78. The number of hydrogen-bond donors (Lipinski definition) is 0. The predicted molar refractivity (Wildman–Crippen MR) is 91.1 cm³/mol. The summed E-state index contributed by atoms with van der Waals surface area (Å²) in [4.78, 5) is 27.9. The first-order chi connectivity index (χ1) is 10.6. The monoisotopic (exact) mass is 318 g/mol. The van der Waals surface area contributed by atoms with E-state index in [4.69, 9.17) is 0 Å². The van der Waals surface area contributed by atoms with Gasteiger partial charge in [0.25, 0.3) is 0 Å². The normalized spacial score (nSPS) is 14.7. The minimum absolute atomic E-state index is 0.0106. The maximum atomic E-state index is 12.3. The van der Waals surface area contributed by atoms with Crippen molar-refractivity contribution in [1.29, 1.82) is 0 Å². The molecule has 1 aromatic rings. The van der Waals surface area contributed by atoms with Crippen LogP contribution in [0.25, 0.3) is 5.70 Å². The largest absolute Gasteiger partial charge is 0.344 e. The van der Waals surface area contributed by atoms with E-state index in [0.29, 0.717) is 5.75 Å². The summed E-state index contributed by atoms with van der Waals surface area (Å²) in [6.07, 6.45) is 2.03. The molecule has 0 aliphatic carbocycles. The van der Waals surface area contributed by atoms with Crippen molar-refractivity contribution in [2.24, 2.45) is 0 Å². The second-order valence-corrected chi connectivity index (χ2v) is 6.19. The van der Waals surface area contributed by atoms with Crippen molar-refractivity contribution in [3.63, 3.8) is 0 Å². The predicted octanol–water partition coefficient (Wildman–Crippen LogP) is 2.82. The van der Waals surface area contributed by atoms with Gasteiger partial charge in [-0.15, -0.1) is 11.8 Å². The summed E-state index contributed by atoms with van der Waals surface area (Å²) in [5.74, 6) is 0.363. The second-order valence-electron chi connectivity index (χ2n) is 5.33. The number of rotatable bonds is 6. The third-order valence-electron chi connectivity index (χ3n) is 3.63. The molecular formula is C17H22N2O2S. The number of amides is 2. The van der Waals surface area contributed by atoms with E-state index < -0.39 is 0 Å². The highest BCUT2D eigenvalue weighted by molar-refractivity contribution is 8.03. The Bertz CT molecular complexity index is 557. The van der Waals surface area contributed by atoms with Crippen LogP contribution in [0.1, 0.15) is 25.3 Å². The smallest absolute Gasteiger partial charge is 0.242 e. The van der Waals surface area contributed by atoms with Crippen LogP contribution in [0.5, 0.6) is 0 Å². The summed E-state index contributed by atoms with van der Waals surface area (Å²) >= 11 is 1.48. The second kappa shape index (κ2) is 8.03. The zero-order valence-corrected chi connectivity index (χ0v) is 13.9. The van der Waals surface area contributed by atoms with Gasteiger partial charge in [0.05, 0.1) is 11.4 Å². The van der Waals surface area contributed by atoms with Crippen LogP contribution in [0.3, 0.4) is 0 Å². The van der Waals surface area contributed by atoms with Crippen LogP contribution in [0.15, 0.2) is 35.7 Å². The molecule has 118 valence electrons. The summed E-state index contributed by atoms with van der Waals surface area (Å²) in [5, 5.41) is 1.97. The molecule has 2 rings (SSSR count). The van der Waals surface area contributed by atoms with E-state index in [0.717, 1.165) is 30.6 Å². The Hall–Kier alpha value is -1.75. The Morgan fingerprint density at radius 2 is 2.05 bits per heavy atom. The van der Waals surface area contributed by atoms with Gasteiger partial charge in [-0.05, 0) is 17.4 Å². The first kappa shape index (κ1) is 16.6. The Morgan fingerprint density at radius 1 is 1.32 bits per heavy atom. The third kappa shape index (κ3) is 4.13. The van der Waals surface area contributed by atoms with Gasteiger partial charge in [0.2, 0.25) is 11.8 Å². The van der Waals surface area contributed by atoms with Crippen molar-refractivity contribution >= 4 is 29.3 Å². The van der Waals surface area contributed by atoms with Gasteiger partial charge >= 0.3 is 0 Å². The summed E-state index contributed by atoms with van der Waals surface area (Å²) < 4.78 is 0. The molecule has 0 unspecified atom stereocenters. The topological polar surface area (TPSA) is 40.6 Å². The lowest BCUT2D eigenvalue weighted by Gasteiger charge is -2.29. The van der Waals surface area contributed by atoms with E-state index in [1.807, 2.05) is 35.7 Å². The Morgan fingerprint density at radius 3 is 2.73 bits per heavy atom. The Kier molecular flexibility index (Phi) is 6.07. The minimum atomic E-state index is -0.0180. The van der Waals surface area contributed by atoms with Gasteiger partial charge in [0.1, 0.15) is 6.54 Å². The molecule has 0 saturated carbocycles. The quantitative estimate of drug-likeness (QED) is 0.810. The SMILES string of the molecule is CCCCN(C)C(=O)CN1C(=O)CSC=C1c1ccccc1. The van der Waals surface area contributed by atoms with Crippen molar-refractivity contribution in [2.75, 3.05) is 25.9 Å². The molecule has 1 aromatic carbocycles. The molecule has 1 aliphatic rings. The van der Waals surface area contributed by atoms with E-state index in [9.17, 15) is 9.59 Å². The lowest BCUT2D eigenvalue weighted by atomic mass is 10.1. The minimum Gasteiger partial charge on any atom is -0.344 e. The summed E-state index contributed by atoms with van der Waals surface area (Å²) in [6, 6.07) is 9.74. The maximum Gasteiger partial charge on any atom is 0.242 e. The average molecular weight is 318 g/mol. The standard InChI is InChI=1S/C17H22N2O2S/c1-3-4-10-18(2)16(20)11-19-15(12-22-13-17(19)21)14-8-6-5-7-9-14/h5-9,12H,3-4,10-11,13H2,1-2H3.